The summed E-state index contributed by atoms with van der Waals surface area (Å²) in [6.07, 6.45) is 1.70. The summed E-state index contributed by atoms with van der Waals surface area (Å²) in [7, 11) is 0. The molecule has 0 N–H and O–H groups in total. The number of rotatable bonds is 4. The van der Waals surface area contributed by atoms with Gasteiger partial charge in [-0.25, -0.2) is 0 Å². The Bertz CT molecular complexity index is 886. The van der Waals surface area contributed by atoms with E-state index in [-0.39, 0.29) is 6.04 Å². The molecular weight excluding hydrogens is 308 g/mol. The van der Waals surface area contributed by atoms with Gasteiger partial charge in [-0.05, 0) is 23.3 Å². The number of carbonyl (C=O) groups excluding carboxylic acids is 1. The number of hydrazone groups is 1. The van der Waals surface area contributed by atoms with Crippen molar-refractivity contribution in [3.63, 3.8) is 0 Å². The Hall–Kier alpha value is -3.20. The number of nitrogens with zero attached hydrogens (tertiary/aromatic N) is 2. The fraction of sp³-hybridized carbons (Fsp3) is 0.0909. The zero-order valence-electron chi connectivity index (χ0n) is 13.7. The Balaban J connectivity index is 1.72. The Morgan fingerprint density at radius 2 is 1.48 bits per heavy atom. The largest absolute Gasteiger partial charge is 0.298 e. The number of para-hydroxylation sites is 1. The van der Waals surface area contributed by atoms with Crippen LogP contribution in [-0.2, 0) is 0 Å². The number of hydrogen-bond acceptors (Lipinski definition) is 3. The number of hydrogen-bond donors (Lipinski definition) is 0. The molecule has 0 amide bonds. The van der Waals surface area contributed by atoms with Gasteiger partial charge in [-0.15, -0.1) is 0 Å². The standard InChI is InChI=1S/C22H18N2O/c25-16-17-11-13-18(14-12-17)21-15-22(19-7-3-1-4-8-19)24(23-21)20-9-5-2-6-10-20/h1-14,16,22H,15H2/t22-/m0/s1. The van der Waals surface area contributed by atoms with E-state index >= 15 is 0 Å². The number of aldehydes is 1. The molecule has 0 aromatic heterocycles. The third kappa shape index (κ3) is 3.09. The molecule has 25 heavy (non-hydrogen) atoms. The molecule has 0 unspecified atom stereocenters. The molecule has 0 spiro atoms. The molecule has 0 saturated carbocycles. The van der Waals surface area contributed by atoms with E-state index in [0.29, 0.717) is 5.56 Å². The van der Waals surface area contributed by atoms with Crippen molar-refractivity contribution < 1.29 is 4.79 Å². The van der Waals surface area contributed by atoms with E-state index < -0.39 is 0 Å². The molecule has 1 aliphatic heterocycles. The average Bonchev–Trinajstić information content (AvgIpc) is 3.15. The lowest BCUT2D eigenvalue weighted by Crippen LogP contribution is -2.18. The maximum atomic E-state index is 10.9. The molecule has 3 heteroatoms. The maximum absolute atomic E-state index is 10.9. The topological polar surface area (TPSA) is 32.7 Å². The van der Waals surface area contributed by atoms with Gasteiger partial charge in [0.05, 0.1) is 17.4 Å². The van der Waals surface area contributed by atoms with Gasteiger partial charge in [0.25, 0.3) is 0 Å². The predicted molar refractivity (Wildman–Crippen MR) is 101 cm³/mol. The summed E-state index contributed by atoms with van der Waals surface area (Å²) in [6, 6.07) is 28.5. The van der Waals surface area contributed by atoms with Gasteiger partial charge in [0.1, 0.15) is 6.29 Å². The molecule has 0 saturated heterocycles. The molecule has 1 aliphatic rings. The van der Waals surface area contributed by atoms with Crippen LogP contribution in [0.1, 0.15) is 33.9 Å². The van der Waals surface area contributed by atoms with Crippen LogP contribution in [0.15, 0.2) is 90.0 Å². The fourth-order valence-corrected chi connectivity index (χ4v) is 3.19. The Labute approximate surface area is 147 Å². The predicted octanol–water partition coefficient (Wildman–Crippen LogP) is 4.85. The van der Waals surface area contributed by atoms with Crippen molar-refractivity contribution in [1.29, 1.82) is 0 Å². The highest BCUT2D eigenvalue weighted by Gasteiger charge is 2.29. The average molecular weight is 326 g/mol. The molecule has 3 nitrogen and oxygen atoms in total. The molecular formula is C22H18N2O. The SMILES string of the molecule is O=Cc1ccc(C2=NN(c3ccccc3)[C@H](c3ccccc3)C2)cc1. The smallest absolute Gasteiger partial charge is 0.150 e. The quantitative estimate of drug-likeness (QED) is 0.642. The van der Waals surface area contributed by atoms with Crippen LogP contribution < -0.4 is 5.01 Å². The third-order valence-electron chi connectivity index (χ3n) is 4.50. The summed E-state index contributed by atoms with van der Waals surface area (Å²) < 4.78 is 0. The second kappa shape index (κ2) is 6.73. The van der Waals surface area contributed by atoms with Gasteiger partial charge in [0.15, 0.2) is 0 Å². The summed E-state index contributed by atoms with van der Waals surface area (Å²) in [5.74, 6) is 0. The highest BCUT2D eigenvalue weighted by molar-refractivity contribution is 6.03. The van der Waals surface area contributed by atoms with E-state index in [0.717, 1.165) is 29.7 Å². The molecule has 0 fully saturated rings. The van der Waals surface area contributed by atoms with Gasteiger partial charge in [-0.3, -0.25) is 9.80 Å². The van der Waals surface area contributed by atoms with Crippen molar-refractivity contribution >= 4 is 17.7 Å². The zero-order valence-corrected chi connectivity index (χ0v) is 13.7. The van der Waals surface area contributed by atoms with Crippen molar-refractivity contribution in [2.75, 3.05) is 5.01 Å². The molecule has 1 atom stereocenters. The molecule has 0 bridgehead atoms. The monoisotopic (exact) mass is 326 g/mol. The van der Waals surface area contributed by atoms with Crippen LogP contribution in [0, 0.1) is 0 Å². The minimum atomic E-state index is 0.171. The van der Waals surface area contributed by atoms with Crippen molar-refractivity contribution in [3.05, 3.63) is 102 Å². The van der Waals surface area contributed by atoms with Gasteiger partial charge >= 0.3 is 0 Å². The van der Waals surface area contributed by atoms with E-state index in [1.807, 2.05) is 48.5 Å². The first-order valence-electron chi connectivity index (χ1n) is 8.37. The number of anilines is 1. The van der Waals surface area contributed by atoms with Crippen LogP contribution in [0.25, 0.3) is 0 Å². The highest BCUT2D eigenvalue weighted by atomic mass is 16.1. The van der Waals surface area contributed by atoms with E-state index in [9.17, 15) is 4.79 Å². The first kappa shape index (κ1) is 15.3. The molecule has 0 radical (unpaired) electrons. The van der Waals surface area contributed by atoms with Crippen LogP contribution in [0.4, 0.5) is 5.69 Å². The fourth-order valence-electron chi connectivity index (χ4n) is 3.19. The van der Waals surface area contributed by atoms with Crippen LogP contribution >= 0.6 is 0 Å². The summed E-state index contributed by atoms with van der Waals surface area (Å²) >= 11 is 0. The van der Waals surface area contributed by atoms with Crippen LogP contribution in [-0.4, -0.2) is 12.0 Å². The lowest BCUT2D eigenvalue weighted by molar-refractivity contribution is 0.112. The lowest BCUT2D eigenvalue weighted by Gasteiger charge is -2.23. The Kier molecular flexibility index (Phi) is 4.13. The van der Waals surface area contributed by atoms with Crippen molar-refractivity contribution in [1.82, 2.24) is 0 Å². The molecule has 3 aromatic rings. The number of benzene rings is 3. The van der Waals surface area contributed by atoms with E-state index in [1.54, 1.807) is 0 Å². The van der Waals surface area contributed by atoms with Gasteiger partial charge in [0.2, 0.25) is 0 Å². The normalized spacial score (nSPS) is 16.6. The minimum absolute atomic E-state index is 0.171. The maximum Gasteiger partial charge on any atom is 0.150 e. The van der Waals surface area contributed by atoms with Crippen LogP contribution in [0.2, 0.25) is 0 Å². The summed E-state index contributed by atoms with van der Waals surface area (Å²) in [4.78, 5) is 10.9. The van der Waals surface area contributed by atoms with E-state index in [2.05, 4.69) is 41.4 Å². The minimum Gasteiger partial charge on any atom is -0.298 e. The first-order chi connectivity index (χ1) is 12.3. The summed E-state index contributed by atoms with van der Waals surface area (Å²) in [5, 5.41) is 7.00. The Morgan fingerprint density at radius 1 is 0.840 bits per heavy atom. The van der Waals surface area contributed by atoms with E-state index in [1.165, 1.54) is 5.56 Å². The zero-order chi connectivity index (χ0) is 17.1. The molecule has 3 aromatic carbocycles. The summed E-state index contributed by atoms with van der Waals surface area (Å²) in [5.41, 5.74) is 5.10. The summed E-state index contributed by atoms with van der Waals surface area (Å²) in [6.45, 7) is 0. The molecule has 4 rings (SSSR count). The van der Waals surface area contributed by atoms with Crippen molar-refractivity contribution in [2.45, 2.75) is 12.5 Å². The first-order valence-corrected chi connectivity index (χ1v) is 8.37. The van der Waals surface area contributed by atoms with Gasteiger partial charge in [-0.1, -0.05) is 72.8 Å². The second-order valence-corrected chi connectivity index (χ2v) is 6.10. The van der Waals surface area contributed by atoms with E-state index in [4.69, 9.17) is 5.10 Å². The van der Waals surface area contributed by atoms with Gasteiger partial charge in [0, 0.05) is 12.0 Å². The Morgan fingerprint density at radius 3 is 2.12 bits per heavy atom. The molecule has 1 heterocycles. The molecule has 0 aliphatic carbocycles. The van der Waals surface area contributed by atoms with Gasteiger partial charge in [-0.2, -0.15) is 5.10 Å². The third-order valence-corrected chi connectivity index (χ3v) is 4.50. The number of carbonyl (C=O) groups is 1. The van der Waals surface area contributed by atoms with Gasteiger partial charge < -0.3 is 0 Å². The van der Waals surface area contributed by atoms with Crippen molar-refractivity contribution in [3.8, 4) is 0 Å². The second-order valence-electron chi connectivity index (χ2n) is 6.10. The van der Waals surface area contributed by atoms with Crippen LogP contribution in [0.3, 0.4) is 0 Å². The highest BCUT2D eigenvalue weighted by Crippen LogP contribution is 2.36. The van der Waals surface area contributed by atoms with Crippen LogP contribution in [0.5, 0.6) is 0 Å². The molecule has 122 valence electrons. The van der Waals surface area contributed by atoms with Crippen molar-refractivity contribution in [2.24, 2.45) is 5.10 Å². The lowest BCUT2D eigenvalue weighted by atomic mass is 9.98.